The number of imidazole rings is 1. The van der Waals surface area contributed by atoms with Crippen LogP contribution >= 0.6 is 0 Å². The molecular weight excluding hydrogens is 352 g/mol. The first-order chi connectivity index (χ1) is 13.6. The number of pyridine rings is 1. The molecular formula is C21H32N6O. The molecule has 2 amide bonds. The fourth-order valence-corrected chi connectivity index (χ4v) is 4.51. The molecule has 4 heterocycles. The maximum Gasteiger partial charge on any atom is 0.317 e. The molecule has 2 aromatic rings. The maximum absolute atomic E-state index is 12.6. The predicted octanol–water partition coefficient (Wildman–Crippen LogP) is 1.89. The molecule has 1 unspecified atom stereocenters. The minimum atomic E-state index is 0.0385. The Hall–Kier alpha value is -2.12. The van der Waals surface area contributed by atoms with Crippen LogP contribution in [0.5, 0.6) is 0 Å². The van der Waals surface area contributed by atoms with E-state index in [1.54, 1.807) is 0 Å². The number of hydrogen-bond donors (Lipinski definition) is 1. The summed E-state index contributed by atoms with van der Waals surface area (Å²) in [5.41, 5.74) is 1.91. The molecule has 0 aromatic carbocycles. The predicted molar refractivity (Wildman–Crippen MR) is 110 cm³/mol. The lowest BCUT2D eigenvalue weighted by Crippen LogP contribution is -2.52. The zero-order valence-corrected chi connectivity index (χ0v) is 17.0. The van der Waals surface area contributed by atoms with Crippen LogP contribution in [-0.2, 0) is 6.54 Å². The second kappa shape index (κ2) is 8.49. The van der Waals surface area contributed by atoms with Crippen LogP contribution < -0.4 is 5.32 Å². The number of likely N-dealkylation sites (N-methyl/N-ethyl adjacent to an activating group) is 1. The molecule has 2 saturated heterocycles. The molecule has 0 spiro atoms. The van der Waals surface area contributed by atoms with E-state index in [1.807, 2.05) is 39.9 Å². The highest BCUT2D eigenvalue weighted by Gasteiger charge is 2.30. The molecule has 2 aliphatic rings. The van der Waals surface area contributed by atoms with Gasteiger partial charge in [-0.25, -0.2) is 9.78 Å². The van der Waals surface area contributed by atoms with Gasteiger partial charge < -0.3 is 19.5 Å². The number of carbonyl (C=O) groups is 1. The van der Waals surface area contributed by atoms with Crippen LogP contribution in [0.1, 0.15) is 25.5 Å². The van der Waals surface area contributed by atoms with E-state index in [4.69, 9.17) is 0 Å². The van der Waals surface area contributed by atoms with Gasteiger partial charge in [0, 0.05) is 51.5 Å². The minimum absolute atomic E-state index is 0.0385. The Morgan fingerprint density at radius 1 is 1.18 bits per heavy atom. The molecule has 2 fully saturated rings. The van der Waals surface area contributed by atoms with E-state index in [0.29, 0.717) is 18.5 Å². The van der Waals surface area contributed by atoms with Crippen molar-refractivity contribution in [1.29, 1.82) is 0 Å². The number of nitrogens with zero attached hydrogens (tertiary/aromatic N) is 5. The molecule has 28 heavy (non-hydrogen) atoms. The highest BCUT2D eigenvalue weighted by atomic mass is 16.2. The molecule has 7 heteroatoms. The molecule has 0 radical (unpaired) electrons. The topological polar surface area (TPSA) is 56.1 Å². The third kappa shape index (κ3) is 4.15. The number of urea groups is 1. The summed E-state index contributed by atoms with van der Waals surface area (Å²) in [5.74, 6) is 0.686. The van der Waals surface area contributed by atoms with E-state index in [-0.39, 0.29) is 6.03 Å². The lowest BCUT2D eigenvalue weighted by Gasteiger charge is -2.42. The van der Waals surface area contributed by atoms with Crippen LogP contribution in [0.2, 0.25) is 0 Å². The van der Waals surface area contributed by atoms with Gasteiger partial charge in [0.25, 0.3) is 0 Å². The van der Waals surface area contributed by atoms with Crippen molar-refractivity contribution in [2.24, 2.45) is 5.92 Å². The van der Waals surface area contributed by atoms with E-state index < -0.39 is 0 Å². The third-order valence-corrected chi connectivity index (χ3v) is 6.54. The van der Waals surface area contributed by atoms with Crippen molar-refractivity contribution >= 4 is 11.7 Å². The first-order valence-electron chi connectivity index (χ1n) is 10.5. The molecule has 7 nitrogen and oxygen atoms in total. The molecule has 1 atom stereocenters. The average Bonchev–Trinajstić information content (AvgIpc) is 3.15. The van der Waals surface area contributed by atoms with Crippen molar-refractivity contribution in [2.45, 2.75) is 32.4 Å². The monoisotopic (exact) mass is 384 g/mol. The Morgan fingerprint density at radius 3 is 2.68 bits per heavy atom. The van der Waals surface area contributed by atoms with Crippen LogP contribution in [-0.4, -0.2) is 82.5 Å². The summed E-state index contributed by atoms with van der Waals surface area (Å²) >= 11 is 0. The van der Waals surface area contributed by atoms with E-state index in [1.165, 1.54) is 0 Å². The zero-order chi connectivity index (χ0) is 19.5. The van der Waals surface area contributed by atoms with Gasteiger partial charge in [0.15, 0.2) is 0 Å². The summed E-state index contributed by atoms with van der Waals surface area (Å²) < 4.78 is 2.02. The quantitative estimate of drug-likeness (QED) is 0.875. The van der Waals surface area contributed by atoms with Gasteiger partial charge in [-0.3, -0.25) is 4.90 Å². The molecule has 0 aliphatic carbocycles. The molecule has 152 valence electrons. The average molecular weight is 385 g/mol. The number of fused-ring (bicyclic) bond motifs is 1. The van der Waals surface area contributed by atoms with Gasteiger partial charge in [0.05, 0.1) is 18.4 Å². The summed E-state index contributed by atoms with van der Waals surface area (Å²) in [6.45, 7) is 9.22. The zero-order valence-electron chi connectivity index (χ0n) is 17.0. The fraction of sp³-hybridized carbons (Fsp3) is 0.619. The van der Waals surface area contributed by atoms with Gasteiger partial charge in [-0.2, -0.15) is 0 Å². The number of nitrogens with one attached hydrogen (secondary N) is 1. The lowest BCUT2D eigenvalue weighted by atomic mass is 9.89. The summed E-state index contributed by atoms with van der Waals surface area (Å²) in [6.07, 6.45) is 6.00. The standard InChI is InChI=1S/C21H32N6O/c1-17(25-13-11-24(2)12-14-25)18-6-9-26(10-7-18)21(28)23-16-19-15-22-20-5-3-4-8-27(19)20/h3-5,8,15,17-18H,6-7,9-14,16H2,1-2H3,(H,23,28). The van der Waals surface area contributed by atoms with Crippen molar-refractivity contribution in [3.8, 4) is 0 Å². The number of carbonyl (C=O) groups excluding carboxylic acids is 1. The summed E-state index contributed by atoms with van der Waals surface area (Å²) in [4.78, 5) is 24.0. The fourth-order valence-electron chi connectivity index (χ4n) is 4.51. The summed E-state index contributed by atoms with van der Waals surface area (Å²) in [6, 6.07) is 6.57. The smallest absolute Gasteiger partial charge is 0.317 e. The second-order valence-corrected chi connectivity index (χ2v) is 8.24. The molecule has 0 bridgehead atoms. The number of rotatable bonds is 4. The highest BCUT2D eigenvalue weighted by molar-refractivity contribution is 5.74. The van der Waals surface area contributed by atoms with E-state index in [0.717, 1.165) is 63.5 Å². The van der Waals surface area contributed by atoms with Gasteiger partial charge >= 0.3 is 6.03 Å². The molecule has 1 N–H and O–H groups in total. The second-order valence-electron chi connectivity index (χ2n) is 8.24. The van der Waals surface area contributed by atoms with Gasteiger partial charge in [0.1, 0.15) is 5.65 Å². The van der Waals surface area contributed by atoms with Crippen LogP contribution in [0.3, 0.4) is 0 Å². The first kappa shape index (κ1) is 19.2. The number of likely N-dealkylation sites (tertiary alicyclic amines) is 1. The van der Waals surface area contributed by atoms with Crippen LogP contribution in [0.15, 0.2) is 30.6 Å². The summed E-state index contributed by atoms with van der Waals surface area (Å²) in [7, 11) is 2.20. The number of amides is 2. The van der Waals surface area contributed by atoms with E-state index in [2.05, 4.69) is 34.1 Å². The van der Waals surface area contributed by atoms with Gasteiger partial charge in [0.2, 0.25) is 0 Å². The lowest BCUT2D eigenvalue weighted by molar-refractivity contribution is 0.0664. The van der Waals surface area contributed by atoms with Crippen LogP contribution in [0.4, 0.5) is 4.79 Å². The highest BCUT2D eigenvalue weighted by Crippen LogP contribution is 2.25. The number of piperidine rings is 1. The Bertz CT molecular complexity index is 789. The molecule has 0 saturated carbocycles. The van der Waals surface area contributed by atoms with Gasteiger partial charge in [-0.1, -0.05) is 6.07 Å². The largest absolute Gasteiger partial charge is 0.332 e. The Labute approximate surface area is 167 Å². The van der Waals surface area contributed by atoms with Gasteiger partial charge in [-0.15, -0.1) is 0 Å². The molecule has 2 aromatic heterocycles. The van der Waals surface area contributed by atoms with Crippen molar-refractivity contribution in [3.63, 3.8) is 0 Å². The Balaban J connectivity index is 1.25. The third-order valence-electron chi connectivity index (χ3n) is 6.54. The maximum atomic E-state index is 12.6. The van der Waals surface area contributed by atoms with Crippen molar-refractivity contribution in [3.05, 3.63) is 36.3 Å². The molecule has 2 aliphatic heterocycles. The van der Waals surface area contributed by atoms with Crippen molar-refractivity contribution in [2.75, 3.05) is 46.3 Å². The van der Waals surface area contributed by atoms with Crippen molar-refractivity contribution < 1.29 is 4.79 Å². The van der Waals surface area contributed by atoms with Crippen molar-refractivity contribution in [1.82, 2.24) is 29.4 Å². The van der Waals surface area contributed by atoms with Gasteiger partial charge in [-0.05, 0) is 44.9 Å². The Morgan fingerprint density at radius 2 is 1.93 bits per heavy atom. The first-order valence-corrected chi connectivity index (χ1v) is 10.5. The number of hydrogen-bond acceptors (Lipinski definition) is 4. The Kier molecular flexibility index (Phi) is 5.82. The number of piperazine rings is 1. The summed E-state index contributed by atoms with van der Waals surface area (Å²) in [5, 5.41) is 3.07. The van der Waals surface area contributed by atoms with Crippen LogP contribution in [0.25, 0.3) is 5.65 Å². The van der Waals surface area contributed by atoms with Crippen LogP contribution in [0, 0.1) is 5.92 Å². The SMILES string of the molecule is CC(C1CCN(C(=O)NCc2cnc3ccccn23)CC1)N1CCN(C)CC1. The van der Waals surface area contributed by atoms with E-state index in [9.17, 15) is 4.79 Å². The normalized spacial score (nSPS) is 21.1. The van der Waals surface area contributed by atoms with E-state index >= 15 is 0 Å². The number of aromatic nitrogens is 2. The molecule has 4 rings (SSSR count). The minimum Gasteiger partial charge on any atom is -0.332 e.